The van der Waals surface area contributed by atoms with Gasteiger partial charge < -0.3 is 4.98 Å². The van der Waals surface area contributed by atoms with Gasteiger partial charge in [-0.1, -0.05) is 17.7 Å². The van der Waals surface area contributed by atoms with Crippen molar-refractivity contribution in [3.8, 4) is 0 Å². The van der Waals surface area contributed by atoms with Crippen LogP contribution in [0.3, 0.4) is 0 Å². The van der Waals surface area contributed by atoms with E-state index in [-0.39, 0.29) is 0 Å². The molecular formula is C9H5ClF3N. The molecule has 1 nitrogen and oxygen atoms in total. The van der Waals surface area contributed by atoms with E-state index in [1.54, 1.807) is 6.07 Å². The van der Waals surface area contributed by atoms with Crippen LogP contribution < -0.4 is 0 Å². The van der Waals surface area contributed by atoms with Crippen molar-refractivity contribution in [2.45, 2.75) is 6.18 Å². The normalized spacial score (nSPS) is 12.3. The van der Waals surface area contributed by atoms with Gasteiger partial charge in [-0.05, 0) is 18.2 Å². The van der Waals surface area contributed by atoms with Crippen LogP contribution in [0.4, 0.5) is 13.2 Å². The van der Waals surface area contributed by atoms with Crippen molar-refractivity contribution in [1.82, 2.24) is 4.98 Å². The Balaban J connectivity index is 2.62. The minimum Gasteiger partial charge on any atom is -0.346 e. The van der Waals surface area contributed by atoms with Crippen molar-refractivity contribution in [3.63, 3.8) is 0 Å². The number of hydrogen-bond acceptors (Lipinski definition) is 0. The average molecular weight is 220 g/mol. The fraction of sp³-hybridized carbons (Fsp3) is 0.111. The molecule has 0 radical (unpaired) electrons. The van der Waals surface area contributed by atoms with Crippen LogP contribution in [0.5, 0.6) is 0 Å². The lowest BCUT2D eigenvalue weighted by molar-refractivity contribution is -0.137. The van der Waals surface area contributed by atoms with Crippen molar-refractivity contribution in [3.05, 3.63) is 35.0 Å². The number of aromatic amines is 1. The lowest BCUT2D eigenvalue weighted by Crippen LogP contribution is -2.03. The number of fused-ring (bicyclic) bond motifs is 1. The molecule has 1 aromatic carbocycles. The molecule has 0 saturated carbocycles. The number of rotatable bonds is 0. The van der Waals surface area contributed by atoms with Crippen LogP contribution in [0.2, 0.25) is 5.15 Å². The maximum absolute atomic E-state index is 12.3. The number of alkyl halides is 3. The third kappa shape index (κ3) is 1.57. The number of nitrogens with one attached hydrogen (secondary N) is 1. The molecule has 0 atom stereocenters. The summed E-state index contributed by atoms with van der Waals surface area (Å²) in [5, 5.41) is 1.00. The van der Waals surface area contributed by atoms with E-state index in [1.165, 1.54) is 6.07 Å². The zero-order valence-corrected chi connectivity index (χ0v) is 7.58. The number of H-pyrrole nitrogens is 1. The Morgan fingerprint density at radius 3 is 2.50 bits per heavy atom. The smallest absolute Gasteiger partial charge is 0.346 e. The van der Waals surface area contributed by atoms with Crippen LogP contribution in [0, 0.1) is 0 Å². The lowest BCUT2D eigenvalue weighted by atomic mass is 10.1. The summed E-state index contributed by atoms with van der Waals surface area (Å²) in [5.74, 6) is 0. The highest BCUT2D eigenvalue weighted by Crippen LogP contribution is 2.31. The molecule has 0 bridgehead atoms. The fourth-order valence-electron chi connectivity index (χ4n) is 1.27. The van der Waals surface area contributed by atoms with E-state index in [1.807, 2.05) is 0 Å². The van der Waals surface area contributed by atoms with Crippen LogP contribution in [-0.2, 0) is 6.18 Å². The number of hydrogen-bond donors (Lipinski definition) is 1. The fourth-order valence-corrected chi connectivity index (χ4v) is 1.49. The van der Waals surface area contributed by atoms with Crippen LogP contribution >= 0.6 is 11.6 Å². The molecule has 1 aromatic heterocycles. The molecule has 1 N–H and O–H groups in total. The zero-order chi connectivity index (χ0) is 10.3. The van der Waals surface area contributed by atoms with Gasteiger partial charge in [0, 0.05) is 10.9 Å². The van der Waals surface area contributed by atoms with Gasteiger partial charge in [-0.15, -0.1) is 0 Å². The second-order valence-corrected chi connectivity index (χ2v) is 3.32. The third-order valence-corrected chi connectivity index (χ3v) is 2.12. The number of benzene rings is 1. The second-order valence-electron chi connectivity index (χ2n) is 2.92. The van der Waals surface area contributed by atoms with Crippen LogP contribution in [0.1, 0.15) is 5.56 Å². The molecular weight excluding hydrogens is 215 g/mol. The van der Waals surface area contributed by atoms with E-state index in [0.29, 0.717) is 16.1 Å². The molecule has 5 heteroatoms. The zero-order valence-electron chi connectivity index (χ0n) is 6.82. The predicted octanol–water partition coefficient (Wildman–Crippen LogP) is 3.84. The Bertz CT molecular complexity index is 472. The summed E-state index contributed by atoms with van der Waals surface area (Å²) in [4.78, 5) is 2.64. The third-order valence-electron chi connectivity index (χ3n) is 1.92. The van der Waals surface area contributed by atoms with Crippen LogP contribution in [0.25, 0.3) is 10.9 Å². The lowest BCUT2D eigenvalue weighted by Gasteiger charge is -2.05. The molecule has 0 aliphatic carbocycles. The van der Waals surface area contributed by atoms with Gasteiger partial charge in [0.15, 0.2) is 0 Å². The Labute approximate surface area is 82.5 Å². The highest BCUT2D eigenvalue weighted by Gasteiger charge is 2.30. The molecule has 0 spiro atoms. The molecule has 0 fully saturated rings. The van der Waals surface area contributed by atoms with Gasteiger partial charge in [-0.2, -0.15) is 13.2 Å². The van der Waals surface area contributed by atoms with Gasteiger partial charge in [0.05, 0.1) is 5.56 Å². The minimum absolute atomic E-state index is 0.333. The van der Waals surface area contributed by atoms with E-state index in [0.717, 1.165) is 12.1 Å². The maximum Gasteiger partial charge on any atom is 0.416 e. The summed E-state index contributed by atoms with van der Waals surface area (Å²) in [5.41, 5.74) is -0.284. The first kappa shape index (κ1) is 9.40. The monoisotopic (exact) mass is 219 g/mol. The van der Waals surface area contributed by atoms with Gasteiger partial charge in [-0.25, -0.2) is 0 Å². The van der Waals surface area contributed by atoms with Crippen molar-refractivity contribution in [1.29, 1.82) is 0 Å². The Morgan fingerprint density at radius 2 is 1.86 bits per heavy atom. The molecule has 14 heavy (non-hydrogen) atoms. The van der Waals surface area contributed by atoms with Gasteiger partial charge in [0.25, 0.3) is 0 Å². The first-order valence-electron chi connectivity index (χ1n) is 3.82. The standard InChI is InChI=1S/C9H5ClF3N/c10-8-3-5-1-2-6(9(11,12)13)4-7(5)14-8/h1-4,14H. The molecule has 0 saturated heterocycles. The van der Waals surface area contributed by atoms with Gasteiger partial charge in [0.1, 0.15) is 5.15 Å². The molecule has 0 aliphatic rings. The van der Waals surface area contributed by atoms with Gasteiger partial charge in [0.2, 0.25) is 0 Å². The first-order chi connectivity index (χ1) is 6.47. The van der Waals surface area contributed by atoms with Crippen molar-refractivity contribution in [2.75, 3.05) is 0 Å². The van der Waals surface area contributed by atoms with E-state index < -0.39 is 11.7 Å². The topological polar surface area (TPSA) is 15.8 Å². The van der Waals surface area contributed by atoms with E-state index in [9.17, 15) is 13.2 Å². The summed E-state index contributed by atoms with van der Waals surface area (Å²) in [7, 11) is 0. The minimum atomic E-state index is -4.31. The quantitative estimate of drug-likeness (QED) is 0.693. The summed E-state index contributed by atoms with van der Waals surface area (Å²) in [6.07, 6.45) is -4.31. The highest BCUT2D eigenvalue weighted by atomic mass is 35.5. The Hall–Kier alpha value is -1.16. The van der Waals surface area contributed by atoms with E-state index in [2.05, 4.69) is 4.98 Å². The van der Waals surface area contributed by atoms with Crippen molar-refractivity contribution < 1.29 is 13.2 Å². The maximum atomic E-state index is 12.3. The number of halogens is 4. The summed E-state index contributed by atoms with van der Waals surface area (Å²) >= 11 is 5.61. The first-order valence-corrected chi connectivity index (χ1v) is 4.20. The summed E-state index contributed by atoms with van der Waals surface area (Å²) in [6.45, 7) is 0. The molecule has 1 heterocycles. The van der Waals surface area contributed by atoms with Crippen LogP contribution in [-0.4, -0.2) is 4.98 Å². The van der Waals surface area contributed by atoms with Crippen molar-refractivity contribution in [2.24, 2.45) is 0 Å². The SMILES string of the molecule is FC(F)(F)c1ccc2cc(Cl)[nH]c2c1. The highest BCUT2D eigenvalue weighted by molar-refractivity contribution is 6.30. The molecule has 2 rings (SSSR count). The molecule has 0 aliphatic heterocycles. The molecule has 0 unspecified atom stereocenters. The Morgan fingerprint density at radius 1 is 1.14 bits per heavy atom. The number of aromatic nitrogens is 1. The van der Waals surface area contributed by atoms with Crippen LogP contribution in [0.15, 0.2) is 24.3 Å². The summed E-state index contributed by atoms with van der Waals surface area (Å²) in [6, 6.07) is 5.05. The second kappa shape index (κ2) is 2.92. The molecule has 74 valence electrons. The predicted molar refractivity (Wildman–Crippen MR) is 48.3 cm³/mol. The summed E-state index contributed by atoms with van der Waals surface area (Å²) < 4.78 is 36.8. The molecule has 0 amide bonds. The average Bonchev–Trinajstić information content (AvgIpc) is 2.41. The van der Waals surface area contributed by atoms with E-state index in [4.69, 9.17) is 11.6 Å². The van der Waals surface area contributed by atoms with E-state index >= 15 is 0 Å². The van der Waals surface area contributed by atoms with Gasteiger partial charge >= 0.3 is 6.18 Å². The van der Waals surface area contributed by atoms with Crippen molar-refractivity contribution >= 4 is 22.5 Å². The largest absolute Gasteiger partial charge is 0.416 e. The molecule has 2 aromatic rings. The Kier molecular flexibility index (Phi) is 1.96. The van der Waals surface area contributed by atoms with Gasteiger partial charge in [-0.3, -0.25) is 0 Å².